The molecule has 2 aliphatic rings. The van der Waals surface area contributed by atoms with Crippen molar-refractivity contribution in [1.29, 1.82) is 0 Å². The lowest BCUT2D eigenvalue weighted by Gasteiger charge is -2.24. The standard InChI is InChI=1S/C18H22N4O2S2/c1-21(17(25)13-9-5-3-6-10-13)19-15(23)16(24)20-22(2)18(26)14-11-7-4-8-12-14/h5,7,9-12H,3-4,6,8H2,1-2H3,(H,19,23)(H,20,24). The van der Waals surface area contributed by atoms with Crippen LogP contribution >= 0.6 is 24.4 Å². The van der Waals surface area contributed by atoms with Crippen LogP contribution in [0.1, 0.15) is 25.7 Å². The Kier molecular flexibility index (Phi) is 7.23. The van der Waals surface area contributed by atoms with Crippen LogP contribution in [-0.2, 0) is 9.59 Å². The fraction of sp³-hybridized carbons (Fsp3) is 0.333. The van der Waals surface area contributed by atoms with Gasteiger partial charge in [0.05, 0.1) is 0 Å². The number of hydrogen-bond acceptors (Lipinski definition) is 4. The second-order valence-corrected chi connectivity index (χ2v) is 6.66. The fourth-order valence-electron chi connectivity index (χ4n) is 2.44. The van der Waals surface area contributed by atoms with Gasteiger partial charge >= 0.3 is 11.8 Å². The summed E-state index contributed by atoms with van der Waals surface area (Å²) in [5, 5.41) is 2.73. The molecule has 2 aliphatic carbocycles. The summed E-state index contributed by atoms with van der Waals surface area (Å²) in [4.78, 5) is 25.1. The van der Waals surface area contributed by atoms with Gasteiger partial charge in [-0.25, -0.2) is 0 Å². The number of hydrazine groups is 2. The van der Waals surface area contributed by atoms with Crippen LogP contribution in [0.5, 0.6) is 0 Å². The molecule has 0 spiro atoms. The van der Waals surface area contributed by atoms with Crippen molar-refractivity contribution in [3.8, 4) is 0 Å². The molecule has 0 unspecified atom stereocenters. The van der Waals surface area contributed by atoms with E-state index in [-0.39, 0.29) is 0 Å². The number of amides is 2. The van der Waals surface area contributed by atoms with Crippen molar-refractivity contribution in [1.82, 2.24) is 20.9 Å². The molecule has 2 rings (SSSR count). The minimum absolute atomic E-state index is 0.448. The molecule has 0 fully saturated rings. The maximum absolute atomic E-state index is 12.1. The first-order chi connectivity index (χ1) is 12.4. The monoisotopic (exact) mass is 390 g/mol. The molecule has 0 saturated heterocycles. The van der Waals surface area contributed by atoms with Crippen LogP contribution < -0.4 is 10.9 Å². The number of hydrogen-bond donors (Lipinski definition) is 2. The van der Waals surface area contributed by atoms with Crippen molar-refractivity contribution in [2.75, 3.05) is 14.1 Å². The van der Waals surface area contributed by atoms with Crippen molar-refractivity contribution < 1.29 is 9.59 Å². The second kappa shape index (κ2) is 9.40. The molecule has 0 atom stereocenters. The summed E-state index contributed by atoms with van der Waals surface area (Å²) >= 11 is 10.7. The highest BCUT2D eigenvalue weighted by atomic mass is 32.1. The molecule has 0 aromatic carbocycles. The summed E-state index contributed by atoms with van der Waals surface area (Å²) in [6.07, 6.45) is 15.6. The largest absolute Gasteiger partial charge is 0.329 e. The Labute approximate surface area is 164 Å². The number of likely N-dealkylation sites (N-methyl/N-ethyl adjacent to an activating group) is 2. The zero-order valence-electron chi connectivity index (χ0n) is 14.8. The Bertz CT molecular complexity index is 675. The highest BCUT2D eigenvalue weighted by Gasteiger charge is 2.20. The number of carbonyl (C=O) groups is 2. The van der Waals surface area contributed by atoms with Gasteiger partial charge in [-0.1, -0.05) is 60.9 Å². The summed E-state index contributed by atoms with van der Waals surface area (Å²) in [6, 6.07) is 0. The van der Waals surface area contributed by atoms with Gasteiger partial charge in [0, 0.05) is 25.2 Å². The zero-order chi connectivity index (χ0) is 19.1. The van der Waals surface area contributed by atoms with Crippen LogP contribution in [0, 0.1) is 0 Å². The third-order valence-electron chi connectivity index (χ3n) is 3.84. The topological polar surface area (TPSA) is 64.7 Å². The van der Waals surface area contributed by atoms with E-state index in [0.717, 1.165) is 36.8 Å². The van der Waals surface area contributed by atoms with Gasteiger partial charge in [-0.2, -0.15) is 0 Å². The van der Waals surface area contributed by atoms with E-state index in [2.05, 4.69) is 10.9 Å². The molecule has 138 valence electrons. The van der Waals surface area contributed by atoms with Gasteiger partial charge in [0.15, 0.2) is 0 Å². The van der Waals surface area contributed by atoms with Crippen LogP contribution in [0.4, 0.5) is 0 Å². The van der Waals surface area contributed by atoms with Crippen molar-refractivity contribution in [2.24, 2.45) is 0 Å². The smallest absolute Gasteiger partial charge is 0.277 e. The number of carbonyl (C=O) groups excluding carboxylic acids is 2. The average Bonchev–Trinajstić information content (AvgIpc) is 2.67. The molecule has 0 bridgehead atoms. The summed E-state index contributed by atoms with van der Waals surface area (Å²) in [5.74, 6) is -1.64. The molecule has 0 aromatic heterocycles. The first kappa shape index (κ1) is 20.0. The molecule has 2 N–H and O–H groups in total. The van der Waals surface area contributed by atoms with Gasteiger partial charge in [0.2, 0.25) is 0 Å². The minimum atomic E-state index is -0.821. The Morgan fingerprint density at radius 3 is 1.50 bits per heavy atom. The van der Waals surface area contributed by atoms with Gasteiger partial charge in [-0.05, 0) is 25.7 Å². The lowest BCUT2D eigenvalue weighted by molar-refractivity contribution is -0.142. The summed E-state index contributed by atoms with van der Waals surface area (Å²) in [6.45, 7) is 0. The highest BCUT2D eigenvalue weighted by molar-refractivity contribution is 7.81. The second-order valence-electron chi connectivity index (χ2n) is 5.89. The molecule has 2 amide bonds. The minimum Gasteiger partial charge on any atom is -0.277 e. The molecule has 0 aromatic rings. The predicted molar refractivity (Wildman–Crippen MR) is 110 cm³/mol. The number of allylic oxidation sites excluding steroid dienone is 4. The van der Waals surface area contributed by atoms with E-state index >= 15 is 0 Å². The first-order valence-corrected chi connectivity index (χ1v) is 9.13. The van der Waals surface area contributed by atoms with Crippen LogP contribution in [0.3, 0.4) is 0 Å². The fourth-order valence-corrected chi connectivity index (χ4v) is 2.83. The maximum atomic E-state index is 12.1. The molecular formula is C18H22N4O2S2. The van der Waals surface area contributed by atoms with E-state index in [1.807, 2.05) is 36.5 Å². The molecule has 0 radical (unpaired) electrons. The van der Waals surface area contributed by atoms with Crippen LogP contribution in [-0.4, -0.2) is 45.9 Å². The number of rotatable bonds is 2. The summed E-state index contributed by atoms with van der Waals surface area (Å²) < 4.78 is 0. The van der Waals surface area contributed by atoms with Gasteiger partial charge < -0.3 is 0 Å². The highest BCUT2D eigenvalue weighted by Crippen LogP contribution is 2.13. The van der Waals surface area contributed by atoms with Crippen LogP contribution in [0.25, 0.3) is 0 Å². The molecule has 0 saturated carbocycles. The Morgan fingerprint density at radius 2 is 1.19 bits per heavy atom. The van der Waals surface area contributed by atoms with Gasteiger partial charge in [-0.15, -0.1) is 0 Å². The van der Waals surface area contributed by atoms with E-state index in [4.69, 9.17) is 24.4 Å². The lowest BCUT2D eigenvalue weighted by atomic mass is 10.1. The summed E-state index contributed by atoms with van der Waals surface area (Å²) in [5.41, 5.74) is 6.64. The Morgan fingerprint density at radius 1 is 0.808 bits per heavy atom. The van der Waals surface area contributed by atoms with Crippen molar-refractivity contribution in [3.05, 3.63) is 47.6 Å². The normalized spacial score (nSPS) is 15.5. The Hall–Kier alpha value is -2.32. The maximum Gasteiger partial charge on any atom is 0.329 e. The quantitative estimate of drug-likeness (QED) is 0.428. The van der Waals surface area contributed by atoms with Gasteiger partial charge in [-0.3, -0.25) is 30.5 Å². The summed E-state index contributed by atoms with van der Waals surface area (Å²) in [7, 11) is 3.20. The van der Waals surface area contributed by atoms with E-state index in [0.29, 0.717) is 9.98 Å². The molecule has 6 nitrogen and oxygen atoms in total. The number of nitrogens with one attached hydrogen (secondary N) is 2. The van der Waals surface area contributed by atoms with Crippen LogP contribution in [0.2, 0.25) is 0 Å². The average molecular weight is 391 g/mol. The van der Waals surface area contributed by atoms with Crippen molar-refractivity contribution in [3.63, 3.8) is 0 Å². The number of nitrogens with zero attached hydrogens (tertiary/aromatic N) is 2. The van der Waals surface area contributed by atoms with Gasteiger partial charge in [0.1, 0.15) is 9.98 Å². The van der Waals surface area contributed by atoms with Crippen LogP contribution in [0.15, 0.2) is 47.6 Å². The molecule has 0 heterocycles. The van der Waals surface area contributed by atoms with Crippen molar-refractivity contribution >= 4 is 46.2 Å². The van der Waals surface area contributed by atoms with E-state index < -0.39 is 11.8 Å². The number of thiocarbonyl (C=S) groups is 2. The zero-order valence-corrected chi connectivity index (χ0v) is 16.5. The van der Waals surface area contributed by atoms with E-state index in [1.54, 1.807) is 14.1 Å². The third-order valence-corrected chi connectivity index (χ3v) is 4.86. The van der Waals surface area contributed by atoms with Gasteiger partial charge in [0.25, 0.3) is 0 Å². The van der Waals surface area contributed by atoms with Crippen molar-refractivity contribution in [2.45, 2.75) is 25.7 Å². The van der Waals surface area contributed by atoms with E-state index in [9.17, 15) is 9.59 Å². The lowest BCUT2D eigenvalue weighted by Crippen LogP contribution is -2.53. The van der Waals surface area contributed by atoms with E-state index in [1.165, 1.54) is 10.0 Å². The molecule has 26 heavy (non-hydrogen) atoms. The first-order valence-electron chi connectivity index (χ1n) is 8.31. The predicted octanol–water partition coefficient (Wildman–Crippen LogP) is 2.12. The SMILES string of the molecule is CN(NC(=O)C(=O)NN(C)C(=S)C1=CCCC=C1)C(=S)C1=CCCC=C1. The third kappa shape index (κ3) is 5.34. The molecular weight excluding hydrogens is 368 g/mol. The molecule has 0 aliphatic heterocycles. The Balaban J connectivity index is 1.87. The molecule has 8 heteroatoms.